The molecule has 8 nitrogen and oxygen atoms in total. The molecule has 1 aromatic rings. The van der Waals surface area contributed by atoms with Crippen LogP contribution in [0.4, 0.5) is 11.4 Å². The van der Waals surface area contributed by atoms with E-state index >= 15 is 0 Å². The lowest BCUT2D eigenvalue weighted by molar-refractivity contribution is -0.535. The topological polar surface area (TPSA) is 105 Å². The Morgan fingerprint density at radius 2 is 1.38 bits per heavy atom. The van der Waals surface area contributed by atoms with Gasteiger partial charge in [0.05, 0.1) is 11.4 Å². The SMILES string of the molecule is CCCCCCCC(=O)NC1=CC(=[N+]2CCCCC2)C=C/C1=C1\C(=O)C(c2ccc(N3CCCCC3)cc2NC(=O)CCCCCCC)=C1[O-]. The normalized spacial score (nSPS) is 19.4. The van der Waals surface area contributed by atoms with Crippen LogP contribution in [0.1, 0.15) is 135 Å². The average molecular weight is 683 g/mol. The maximum absolute atomic E-state index is 14.0. The monoisotopic (exact) mass is 682 g/mol. The minimum atomic E-state index is -0.350. The van der Waals surface area contributed by atoms with Crippen molar-refractivity contribution < 1.29 is 24.1 Å². The number of unbranched alkanes of at least 4 members (excludes halogenated alkanes) is 8. The lowest BCUT2D eigenvalue weighted by atomic mass is 9.78. The zero-order valence-electron chi connectivity index (χ0n) is 30.5. The second-order valence-corrected chi connectivity index (χ2v) is 14.4. The molecule has 2 amide bonds. The van der Waals surface area contributed by atoms with Crippen molar-refractivity contribution in [3.8, 4) is 0 Å². The standard InChI is InChI=1S/C42H58N4O4/c1-3-5-7-9-13-19-37(47)43-35-29-31(45-25-15-11-16-26-45)21-23-33(35)39-41(49)40(42(39)50)34-24-22-32(46-27-17-12-18-28-46)30-36(34)44-38(48)20-14-10-8-6-4-2/h21-24,29-30H,3-20,25-28H2,1-2H3,(H2,43,44,47,48,49,50). The molecule has 50 heavy (non-hydrogen) atoms. The Kier molecular flexibility index (Phi) is 14.1. The third kappa shape index (κ3) is 9.64. The number of carbonyl (C=O) groups excluding carboxylic acids is 3. The number of rotatable bonds is 16. The molecule has 0 unspecified atom stereocenters. The van der Waals surface area contributed by atoms with Crippen LogP contribution >= 0.6 is 0 Å². The van der Waals surface area contributed by atoms with Crippen molar-refractivity contribution in [2.24, 2.45) is 0 Å². The minimum absolute atomic E-state index is 0.0942. The van der Waals surface area contributed by atoms with Crippen LogP contribution in [-0.4, -0.2) is 54.1 Å². The Morgan fingerprint density at radius 3 is 2.02 bits per heavy atom. The van der Waals surface area contributed by atoms with Crippen LogP contribution in [-0.2, 0) is 14.4 Å². The molecule has 2 N–H and O–H groups in total. The number of allylic oxidation sites excluding steroid dienone is 5. The smallest absolute Gasteiger partial charge is 0.224 e. The molecule has 4 aliphatic rings. The van der Waals surface area contributed by atoms with E-state index in [9.17, 15) is 19.5 Å². The highest BCUT2D eigenvalue weighted by Crippen LogP contribution is 2.42. The van der Waals surface area contributed by atoms with E-state index in [0.29, 0.717) is 35.4 Å². The lowest BCUT2D eigenvalue weighted by Gasteiger charge is -2.35. The summed E-state index contributed by atoms with van der Waals surface area (Å²) in [4.78, 5) is 42.6. The Bertz CT molecular complexity index is 1550. The summed E-state index contributed by atoms with van der Waals surface area (Å²) in [7, 11) is 0. The van der Waals surface area contributed by atoms with E-state index in [1.54, 1.807) is 0 Å². The quantitative estimate of drug-likeness (QED) is 0.107. The van der Waals surface area contributed by atoms with Crippen LogP contribution in [0.25, 0.3) is 5.57 Å². The van der Waals surface area contributed by atoms with Gasteiger partial charge in [-0.25, -0.2) is 4.58 Å². The molecular formula is C42H58N4O4. The number of carbonyl (C=O) groups is 3. The molecular weight excluding hydrogens is 624 g/mol. The molecule has 0 radical (unpaired) electrons. The predicted molar refractivity (Wildman–Crippen MR) is 201 cm³/mol. The molecule has 0 aromatic heterocycles. The number of hydrogen-bond donors (Lipinski definition) is 2. The molecule has 270 valence electrons. The van der Waals surface area contributed by atoms with Gasteiger partial charge in [0.1, 0.15) is 13.1 Å². The van der Waals surface area contributed by atoms with E-state index in [0.717, 1.165) is 127 Å². The number of ketones is 1. The summed E-state index contributed by atoms with van der Waals surface area (Å²) in [6.45, 7) is 8.11. The first-order chi connectivity index (χ1) is 24.4. The van der Waals surface area contributed by atoms with Gasteiger partial charge in [0.2, 0.25) is 17.5 Å². The summed E-state index contributed by atoms with van der Waals surface area (Å²) in [5.74, 6) is -0.903. The number of anilines is 2. The van der Waals surface area contributed by atoms with E-state index in [2.05, 4.69) is 34.0 Å². The molecule has 2 fully saturated rings. The Balaban J connectivity index is 1.44. The molecule has 0 saturated carbocycles. The highest BCUT2D eigenvalue weighted by Gasteiger charge is 2.35. The summed E-state index contributed by atoms with van der Waals surface area (Å²) in [5.41, 5.74) is 4.12. The van der Waals surface area contributed by atoms with E-state index in [4.69, 9.17) is 0 Å². The molecule has 5 rings (SSSR count). The van der Waals surface area contributed by atoms with Gasteiger partial charge in [-0.15, -0.1) is 0 Å². The number of nitrogens with zero attached hydrogens (tertiary/aromatic N) is 2. The van der Waals surface area contributed by atoms with Crippen molar-refractivity contribution in [1.29, 1.82) is 0 Å². The number of nitrogens with one attached hydrogen (secondary N) is 2. The van der Waals surface area contributed by atoms with Gasteiger partial charge in [-0.3, -0.25) is 14.4 Å². The van der Waals surface area contributed by atoms with Crippen LogP contribution < -0.4 is 20.6 Å². The van der Waals surface area contributed by atoms with Crippen molar-refractivity contribution in [3.63, 3.8) is 0 Å². The molecule has 2 heterocycles. The summed E-state index contributed by atoms with van der Waals surface area (Å²) in [5, 5.41) is 20.2. The fraction of sp³-hybridized carbons (Fsp3) is 0.571. The van der Waals surface area contributed by atoms with Crippen molar-refractivity contribution in [2.75, 3.05) is 36.4 Å². The second-order valence-electron chi connectivity index (χ2n) is 14.4. The maximum atomic E-state index is 14.0. The average Bonchev–Trinajstić information content (AvgIpc) is 3.13. The molecule has 0 spiro atoms. The molecule has 2 aliphatic heterocycles. The van der Waals surface area contributed by atoms with E-state index in [1.807, 2.05) is 36.4 Å². The van der Waals surface area contributed by atoms with Gasteiger partial charge in [-0.1, -0.05) is 77.0 Å². The maximum Gasteiger partial charge on any atom is 0.224 e. The van der Waals surface area contributed by atoms with E-state index in [-0.39, 0.29) is 34.5 Å². The summed E-state index contributed by atoms with van der Waals surface area (Å²) >= 11 is 0. The van der Waals surface area contributed by atoms with Gasteiger partial charge in [0.15, 0.2) is 5.78 Å². The molecule has 2 aliphatic carbocycles. The third-order valence-corrected chi connectivity index (χ3v) is 10.5. The fourth-order valence-corrected chi connectivity index (χ4v) is 7.49. The third-order valence-electron chi connectivity index (χ3n) is 10.5. The highest BCUT2D eigenvalue weighted by atomic mass is 16.3. The van der Waals surface area contributed by atoms with Gasteiger partial charge in [-0.2, -0.15) is 0 Å². The second kappa shape index (κ2) is 18.9. The fourth-order valence-electron chi connectivity index (χ4n) is 7.49. The van der Waals surface area contributed by atoms with Gasteiger partial charge < -0.3 is 20.6 Å². The summed E-state index contributed by atoms with van der Waals surface area (Å²) < 4.78 is 2.31. The zero-order chi connectivity index (χ0) is 35.3. The first kappa shape index (κ1) is 37.3. The van der Waals surface area contributed by atoms with Gasteiger partial charge in [0.25, 0.3) is 0 Å². The number of piperidine rings is 2. The summed E-state index contributed by atoms with van der Waals surface area (Å²) in [6.07, 6.45) is 23.8. The van der Waals surface area contributed by atoms with Gasteiger partial charge in [0, 0.05) is 78.9 Å². The van der Waals surface area contributed by atoms with Crippen molar-refractivity contribution in [3.05, 3.63) is 64.6 Å². The lowest BCUT2D eigenvalue weighted by Crippen LogP contribution is -2.35. The van der Waals surface area contributed by atoms with Gasteiger partial charge in [-0.05, 0) is 56.7 Å². The minimum Gasteiger partial charge on any atom is -0.871 e. The predicted octanol–water partition coefficient (Wildman–Crippen LogP) is 7.49. The largest absolute Gasteiger partial charge is 0.871 e. The molecule has 0 atom stereocenters. The molecule has 2 saturated heterocycles. The summed E-state index contributed by atoms with van der Waals surface area (Å²) in [6, 6.07) is 5.72. The van der Waals surface area contributed by atoms with Crippen molar-refractivity contribution in [2.45, 2.75) is 129 Å². The molecule has 8 heteroatoms. The van der Waals surface area contributed by atoms with Crippen molar-refractivity contribution >= 4 is 40.3 Å². The van der Waals surface area contributed by atoms with Crippen molar-refractivity contribution in [1.82, 2.24) is 5.32 Å². The molecule has 1 aromatic carbocycles. The Morgan fingerprint density at radius 1 is 0.760 bits per heavy atom. The number of amides is 2. The van der Waals surface area contributed by atoms with Crippen LogP contribution in [0.3, 0.4) is 0 Å². The number of Topliss-reactive ketones (excluding diaryl/α,β-unsaturated/α-hetero) is 1. The number of benzene rings is 1. The van der Waals surface area contributed by atoms with Crippen LogP contribution in [0.15, 0.2) is 59.0 Å². The van der Waals surface area contributed by atoms with E-state index in [1.165, 1.54) is 12.8 Å². The van der Waals surface area contributed by atoms with Gasteiger partial charge >= 0.3 is 0 Å². The first-order valence-corrected chi connectivity index (χ1v) is 19.6. The first-order valence-electron chi connectivity index (χ1n) is 19.6. The Labute approximate surface area is 299 Å². The van der Waals surface area contributed by atoms with Crippen LogP contribution in [0.2, 0.25) is 0 Å². The van der Waals surface area contributed by atoms with E-state index < -0.39 is 0 Å². The number of hydrogen-bond acceptors (Lipinski definition) is 5. The molecule has 0 bridgehead atoms. The van der Waals surface area contributed by atoms with Crippen LogP contribution in [0, 0.1) is 0 Å². The zero-order valence-corrected chi connectivity index (χ0v) is 30.5. The van der Waals surface area contributed by atoms with Crippen LogP contribution in [0.5, 0.6) is 0 Å². The Hall–Kier alpha value is -3.94. The highest BCUT2D eigenvalue weighted by molar-refractivity contribution is 6.40.